The second kappa shape index (κ2) is 6.93. The predicted octanol–water partition coefficient (Wildman–Crippen LogP) is 2.90. The van der Waals surface area contributed by atoms with Crippen LogP contribution in [0.25, 0.3) is 0 Å². The van der Waals surface area contributed by atoms with Crippen LogP contribution in [0.4, 0.5) is 4.39 Å². The lowest BCUT2D eigenvalue weighted by molar-refractivity contribution is 0.544. The fourth-order valence-corrected chi connectivity index (χ4v) is 0.575. The molecular weight excluding hydrogens is 103 g/mol. The van der Waals surface area contributed by atoms with Gasteiger partial charge in [-0.2, -0.15) is 0 Å². The lowest BCUT2D eigenvalue weighted by Crippen LogP contribution is -1.74. The molecule has 1 heteroatoms. The molecule has 0 aliphatic carbocycles. The molecule has 0 rings (SSSR count). The van der Waals surface area contributed by atoms with Crippen LogP contribution in [0.15, 0.2) is 0 Å². The summed E-state index contributed by atoms with van der Waals surface area (Å²) in [5.41, 5.74) is 0. The van der Waals surface area contributed by atoms with Crippen LogP contribution in [0.2, 0.25) is 0 Å². The van der Waals surface area contributed by atoms with Gasteiger partial charge < -0.3 is 0 Å². The standard InChI is InChI=1S/C7H13F/c1-2-3-4-5-6-7-8/h7H,1-6H2. The molecule has 8 heavy (non-hydrogen) atoms. The van der Waals surface area contributed by atoms with Crippen molar-refractivity contribution in [2.75, 3.05) is 0 Å². The number of unbranched alkanes of at least 4 members (excludes halogenated alkanes) is 4. The van der Waals surface area contributed by atoms with E-state index in [4.69, 9.17) is 0 Å². The van der Waals surface area contributed by atoms with Crippen LogP contribution in [0.3, 0.4) is 0 Å². The normalized spacial score (nSPS) is 9.75. The van der Waals surface area contributed by atoms with Crippen molar-refractivity contribution in [1.82, 2.24) is 0 Å². The summed E-state index contributed by atoms with van der Waals surface area (Å²) in [7, 11) is 0. The summed E-state index contributed by atoms with van der Waals surface area (Å²) in [6.07, 6.45) is 4.82. The van der Waals surface area contributed by atoms with Crippen molar-refractivity contribution in [3.8, 4) is 0 Å². The lowest BCUT2D eigenvalue weighted by Gasteiger charge is -1.92. The second-order valence-corrected chi connectivity index (χ2v) is 1.86. The van der Waals surface area contributed by atoms with Gasteiger partial charge in [0.15, 0.2) is 0 Å². The Morgan fingerprint density at radius 1 is 1.25 bits per heavy atom. The van der Waals surface area contributed by atoms with Crippen molar-refractivity contribution in [2.45, 2.75) is 32.1 Å². The van der Waals surface area contributed by atoms with Gasteiger partial charge >= 0.3 is 0 Å². The highest BCUT2D eigenvalue weighted by atomic mass is 19.1. The third kappa shape index (κ3) is 5.93. The first-order valence-electron chi connectivity index (χ1n) is 3.13. The molecule has 0 saturated heterocycles. The zero-order chi connectivity index (χ0) is 6.24. The van der Waals surface area contributed by atoms with Crippen LogP contribution in [-0.4, -0.2) is 0 Å². The third-order valence-corrected chi connectivity index (χ3v) is 1.06. The molecule has 0 aromatic rings. The van der Waals surface area contributed by atoms with Gasteiger partial charge in [0.1, 0.15) is 6.67 Å². The highest BCUT2D eigenvalue weighted by Gasteiger charge is 1.85. The average molecular weight is 116 g/mol. The lowest BCUT2D eigenvalue weighted by atomic mass is 10.2. The number of hydrogen-bond acceptors (Lipinski definition) is 0. The topological polar surface area (TPSA) is 0 Å². The molecule has 2 radical (unpaired) electrons. The molecular formula is C7H13F. The van der Waals surface area contributed by atoms with Crippen LogP contribution in [0, 0.1) is 13.6 Å². The number of rotatable bonds is 5. The van der Waals surface area contributed by atoms with Gasteiger partial charge in [-0.3, -0.25) is 0 Å². The summed E-state index contributed by atoms with van der Waals surface area (Å²) < 4.78 is 11.3. The van der Waals surface area contributed by atoms with E-state index in [-0.39, 0.29) is 0 Å². The minimum absolute atomic E-state index is 0.611. The van der Waals surface area contributed by atoms with Gasteiger partial charge in [0.25, 0.3) is 0 Å². The molecule has 0 saturated carbocycles. The maximum Gasteiger partial charge on any atom is 0.131 e. The zero-order valence-electron chi connectivity index (χ0n) is 5.20. The molecule has 48 valence electrons. The van der Waals surface area contributed by atoms with Gasteiger partial charge in [-0.15, -0.1) is 0 Å². The van der Waals surface area contributed by atoms with Gasteiger partial charge in [0, 0.05) is 0 Å². The summed E-state index contributed by atoms with van der Waals surface area (Å²) >= 11 is 0. The quantitative estimate of drug-likeness (QED) is 0.484. The van der Waals surface area contributed by atoms with E-state index in [1.165, 1.54) is 0 Å². The molecule has 0 N–H and O–H groups in total. The van der Waals surface area contributed by atoms with E-state index in [2.05, 4.69) is 6.92 Å². The Kier molecular flexibility index (Phi) is 6.87. The van der Waals surface area contributed by atoms with Gasteiger partial charge in [0.05, 0.1) is 0 Å². The maximum absolute atomic E-state index is 11.3. The average Bonchev–Trinajstić information content (AvgIpc) is 1.81. The van der Waals surface area contributed by atoms with Crippen molar-refractivity contribution in [1.29, 1.82) is 0 Å². The Morgan fingerprint density at radius 3 is 2.50 bits per heavy atom. The molecule has 0 fully saturated rings. The van der Waals surface area contributed by atoms with E-state index in [1.807, 2.05) is 0 Å². The molecule has 0 aliphatic heterocycles. The monoisotopic (exact) mass is 116 g/mol. The molecule has 0 aromatic heterocycles. The third-order valence-electron chi connectivity index (χ3n) is 1.06. The van der Waals surface area contributed by atoms with Gasteiger partial charge in [0.2, 0.25) is 0 Å². The van der Waals surface area contributed by atoms with Crippen molar-refractivity contribution >= 4 is 0 Å². The van der Waals surface area contributed by atoms with E-state index >= 15 is 0 Å². The Hall–Kier alpha value is -0.0700. The highest BCUT2D eigenvalue weighted by molar-refractivity contribution is 4.49. The molecule has 0 heterocycles. The van der Waals surface area contributed by atoms with Crippen LogP contribution < -0.4 is 0 Å². The van der Waals surface area contributed by atoms with E-state index in [1.54, 1.807) is 0 Å². The van der Waals surface area contributed by atoms with E-state index in [9.17, 15) is 4.39 Å². The van der Waals surface area contributed by atoms with Crippen molar-refractivity contribution in [3.05, 3.63) is 13.6 Å². The van der Waals surface area contributed by atoms with E-state index < -0.39 is 0 Å². The van der Waals surface area contributed by atoms with Crippen LogP contribution >= 0.6 is 0 Å². The van der Waals surface area contributed by atoms with Gasteiger partial charge in [-0.05, 0) is 6.42 Å². The molecule has 0 aliphatic rings. The maximum atomic E-state index is 11.3. The first-order chi connectivity index (χ1) is 3.91. The van der Waals surface area contributed by atoms with Crippen LogP contribution in [-0.2, 0) is 0 Å². The fourth-order valence-electron chi connectivity index (χ4n) is 0.575. The SMILES string of the molecule is [CH2]CCCCC[CH]F. The van der Waals surface area contributed by atoms with Crippen molar-refractivity contribution in [3.63, 3.8) is 0 Å². The minimum atomic E-state index is 0.611. The van der Waals surface area contributed by atoms with E-state index in [0.717, 1.165) is 32.4 Å². The molecule has 0 bridgehead atoms. The molecule has 0 unspecified atom stereocenters. The van der Waals surface area contributed by atoms with Crippen LogP contribution in [0.5, 0.6) is 0 Å². The largest absolute Gasteiger partial charge is 0.244 e. The first-order valence-corrected chi connectivity index (χ1v) is 3.13. The number of halogens is 1. The second-order valence-electron chi connectivity index (χ2n) is 1.86. The van der Waals surface area contributed by atoms with Crippen molar-refractivity contribution < 1.29 is 4.39 Å². The smallest absolute Gasteiger partial charge is 0.131 e. The summed E-state index contributed by atoms with van der Waals surface area (Å²) in [6.45, 7) is 4.40. The summed E-state index contributed by atoms with van der Waals surface area (Å²) in [5.74, 6) is 0. The molecule has 0 nitrogen and oxygen atoms in total. The summed E-state index contributed by atoms with van der Waals surface area (Å²) in [5, 5.41) is 0. The molecule has 0 spiro atoms. The van der Waals surface area contributed by atoms with Gasteiger partial charge in [-0.25, -0.2) is 4.39 Å². The Labute approximate surface area is 51.1 Å². The van der Waals surface area contributed by atoms with Crippen LogP contribution in [0.1, 0.15) is 32.1 Å². The Bertz CT molecular complexity index is 29.4. The zero-order valence-corrected chi connectivity index (χ0v) is 5.20. The number of hydrogen-bond donors (Lipinski definition) is 0. The molecule has 0 aromatic carbocycles. The summed E-state index contributed by atoms with van der Waals surface area (Å²) in [4.78, 5) is 0. The minimum Gasteiger partial charge on any atom is -0.244 e. The summed E-state index contributed by atoms with van der Waals surface area (Å²) in [6, 6.07) is 0. The Morgan fingerprint density at radius 2 is 2.00 bits per heavy atom. The predicted molar refractivity (Wildman–Crippen MR) is 33.8 cm³/mol. The molecule has 0 amide bonds. The van der Waals surface area contributed by atoms with Crippen molar-refractivity contribution in [2.24, 2.45) is 0 Å². The Balaban J connectivity index is 2.53. The van der Waals surface area contributed by atoms with E-state index in [0.29, 0.717) is 6.42 Å². The fraction of sp³-hybridized carbons (Fsp3) is 0.714. The molecule has 0 atom stereocenters. The van der Waals surface area contributed by atoms with Gasteiger partial charge in [-0.1, -0.05) is 32.6 Å². The first kappa shape index (κ1) is 7.93. The highest BCUT2D eigenvalue weighted by Crippen LogP contribution is 2.03.